The highest BCUT2D eigenvalue weighted by molar-refractivity contribution is 5.92. The van der Waals surface area contributed by atoms with Gasteiger partial charge in [-0.1, -0.05) is 30.3 Å². The predicted molar refractivity (Wildman–Crippen MR) is 99.9 cm³/mol. The van der Waals surface area contributed by atoms with Gasteiger partial charge in [0.15, 0.2) is 0 Å². The van der Waals surface area contributed by atoms with Gasteiger partial charge < -0.3 is 15.4 Å². The normalized spacial score (nSPS) is 10.3. The Morgan fingerprint density at radius 3 is 2.59 bits per heavy atom. The van der Waals surface area contributed by atoms with Gasteiger partial charge in [-0.2, -0.15) is 0 Å². The number of aromatic nitrogens is 2. The highest BCUT2D eigenvalue weighted by Crippen LogP contribution is 2.13. The number of methoxy groups -OCH3 is 1. The highest BCUT2D eigenvalue weighted by Gasteiger charge is 2.10. The molecule has 7 heteroatoms. The summed E-state index contributed by atoms with van der Waals surface area (Å²) in [5.74, 6) is 0.557. The van der Waals surface area contributed by atoms with Crippen LogP contribution in [0.15, 0.2) is 60.9 Å². The number of nitrogens with zero attached hydrogens (tertiary/aromatic N) is 2. The molecule has 1 amide bonds. The van der Waals surface area contributed by atoms with Crippen LogP contribution in [0.5, 0.6) is 5.75 Å². The van der Waals surface area contributed by atoms with Gasteiger partial charge >= 0.3 is 0 Å². The Labute approximate surface area is 156 Å². The lowest BCUT2D eigenvalue weighted by molar-refractivity contribution is 0.0945. The Morgan fingerprint density at radius 1 is 1.07 bits per heavy atom. The van der Waals surface area contributed by atoms with E-state index >= 15 is 0 Å². The smallest absolute Gasteiger partial charge is 0.270 e. The van der Waals surface area contributed by atoms with Gasteiger partial charge in [-0.15, -0.1) is 0 Å². The molecule has 0 fully saturated rings. The Kier molecular flexibility index (Phi) is 5.94. The number of amides is 1. The number of ether oxygens (including phenoxy) is 1. The van der Waals surface area contributed by atoms with Crippen LogP contribution in [0, 0.1) is 5.82 Å². The molecular weight excluding hydrogens is 347 g/mol. The zero-order valence-corrected chi connectivity index (χ0v) is 14.8. The summed E-state index contributed by atoms with van der Waals surface area (Å²) < 4.78 is 18.7. The van der Waals surface area contributed by atoms with Crippen LogP contribution in [-0.4, -0.2) is 23.0 Å². The SMILES string of the molecule is COc1ccc(CNc2cc(C(=O)NCc3ccccc3F)ncn2)cc1. The van der Waals surface area contributed by atoms with Crippen LogP contribution in [0.25, 0.3) is 0 Å². The molecule has 6 nitrogen and oxygen atoms in total. The topological polar surface area (TPSA) is 76.1 Å². The Morgan fingerprint density at radius 2 is 1.85 bits per heavy atom. The minimum Gasteiger partial charge on any atom is -0.497 e. The molecule has 1 heterocycles. The second kappa shape index (κ2) is 8.75. The number of nitrogens with one attached hydrogen (secondary N) is 2. The maximum absolute atomic E-state index is 13.6. The maximum Gasteiger partial charge on any atom is 0.270 e. The van der Waals surface area contributed by atoms with Gasteiger partial charge in [0, 0.05) is 24.7 Å². The van der Waals surface area contributed by atoms with Crippen LogP contribution in [0.3, 0.4) is 0 Å². The van der Waals surface area contributed by atoms with Gasteiger partial charge in [-0.3, -0.25) is 4.79 Å². The summed E-state index contributed by atoms with van der Waals surface area (Å²) in [6.45, 7) is 0.626. The van der Waals surface area contributed by atoms with Crippen LogP contribution in [0.2, 0.25) is 0 Å². The van der Waals surface area contributed by atoms with Crippen molar-refractivity contribution in [1.29, 1.82) is 0 Å². The third-order valence-electron chi connectivity index (χ3n) is 3.93. The first-order chi connectivity index (χ1) is 13.2. The molecular formula is C20H19FN4O2. The molecule has 0 aliphatic rings. The predicted octanol–water partition coefficient (Wildman–Crippen LogP) is 3.17. The fraction of sp³-hybridized carbons (Fsp3) is 0.150. The van der Waals surface area contributed by atoms with E-state index in [0.29, 0.717) is 17.9 Å². The van der Waals surface area contributed by atoms with Crippen molar-refractivity contribution < 1.29 is 13.9 Å². The van der Waals surface area contributed by atoms with Gasteiger partial charge in [-0.05, 0) is 23.8 Å². The summed E-state index contributed by atoms with van der Waals surface area (Å²) in [5.41, 5.74) is 1.66. The number of rotatable bonds is 7. The van der Waals surface area contributed by atoms with Crippen molar-refractivity contribution in [2.75, 3.05) is 12.4 Å². The molecule has 3 aromatic rings. The zero-order valence-electron chi connectivity index (χ0n) is 14.8. The van der Waals surface area contributed by atoms with Crippen molar-refractivity contribution in [2.24, 2.45) is 0 Å². The highest BCUT2D eigenvalue weighted by atomic mass is 19.1. The quantitative estimate of drug-likeness (QED) is 0.672. The second-order valence-corrected chi connectivity index (χ2v) is 5.76. The van der Waals surface area contributed by atoms with E-state index in [1.165, 1.54) is 12.4 Å². The van der Waals surface area contributed by atoms with Crippen molar-refractivity contribution in [3.63, 3.8) is 0 Å². The number of halogens is 1. The average Bonchev–Trinajstić information content (AvgIpc) is 2.72. The molecule has 3 rings (SSSR count). The summed E-state index contributed by atoms with van der Waals surface area (Å²) in [6, 6.07) is 15.5. The van der Waals surface area contributed by atoms with Crippen molar-refractivity contribution in [3.8, 4) is 5.75 Å². The summed E-state index contributed by atoms with van der Waals surface area (Å²) in [7, 11) is 1.62. The molecule has 0 bridgehead atoms. The Balaban J connectivity index is 1.58. The fourth-order valence-electron chi connectivity index (χ4n) is 2.42. The number of carbonyl (C=O) groups excluding carboxylic acids is 1. The summed E-state index contributed by atoms with van der Waals surface area (Å²) in [4.78, 5) is 20.4. The van der Waals surface area contributed by atoms with Crippen molar-refractivity contribution in [3.05, 3.63) is 83.6 Å². The molecule has 0 unspecified atom stereocenters. The van der Waals surface area contributed by atoms with E-state index < -0.39 is 5.91 Å². The van der Waals surface area contributed by atoms with Crippen LogP contribution in [0.4, 0.5) is 10.2 Å². The number of hydrogen-bond acceptors (Lipinski definition) is 5. The number of carbonyl (C=O) groups is 1. The van der Waals surface area contributed by atoms with E-state index in [2.05, 4.69) is 20.6 Å². The van der Waals surface area contributed by atoms with Gasteiger partial charge in [0.2, 0.25) is 0 Å². The van der Waals surface area contributed by atoms with Crippen molar-refractivity contribution >= 4 is 11.7 Å². The number of hydrogen-bond donors (Lipinski definition) is 2. The van der Waals surface area contributed by atoms with Gasteiger partial charge in [0.05, 0.1) is 7.11 Å². The van der Waals surface area contributed by atoms with Crippen molar-refractivity contribution in [2.45, 2.75) is 13.1 Å². The second-order valence-electron chi connectivity index (χ2n) is 5.76. The molecule has 2 aromatic carbocycles. The van der Waals surface area contributed by atoms with E-state index in [9.17, 15) is 9.18 Å². The summed E-state index contributed by atoms with van der Waals surface area (Å²) >= 11 is 0. The molecule has 0 aliphatic carbocycles. The summed E-state index contributed by atoms with van der Waals surface area (Å²) in [5, 5.41) is 5.80. The molecule has 0 saturated heterocycles. The first-order valence-electron chi connectivity index (χ1n) is 8.36. The molecule has 0 atom stereocenters. The fourth-order valence-corrected chi connectivity index (χ4v) is 2.42. The standard InChI is InChI=1S/C20H19FN4O2/c1-27-16-8-6-14(7-9-16)11-22-19-10-18(24-13-25-19)20(26)23-12-15-4-2-3-5-17(15)21/h2-10,13H,11-12H2,1H3,(H,23,26)(H,22,24,25). The maximum atomic E-state index is 13.6. The molecule has 2 N–H and O–H groups in total. The van der Waals surface area contributed by atoms with E-state index in [0.717, 1.165) is 11.3 Å². The minimum absolute atomic E-state index is 0.0874. The van der Waals surface area contributed by atoms with E-state index in [1.54, 1.807) is 31.4 Å². The van der Waals surface area contributed by atoms with Crippen LogP contribution in [-0.2, 0) is 13.1 Å². The van der Waals surface area contributed by atoms with Crippen LogP contribution < -0.4 is 15.4 Å². The monoisotopic (exact) mass is 366 g/mol. The largest absolute Gasteiger partial charge is 0.497 e. The van der Waals surface area contributed by atoms with Crippen LogP contribution >= 0.6 is 0 Å². The Hall–Kier alpha value is -3.48. The third-order valence-corrected chi connectivity index (χ3v) is 3.93. The molecule has 0 radical (unpaired) electrons. The number of anilines is 1. The zero-order chi connectivity index (χ0) is 19.1. The molecule has 1 aromatic heterocycles. The molecule has 0 aliphatic heterocycles. The van der Waals surface area contributed by atoms with E-state index in [-0.39, 0.29) is 18.1 Å². The van der Waals surface area contributed by atoms with Crippen LogP contribution in [0.1, 0.15) is 21.6 Å². The summed E-state index contributed by atoms with van der Waals surface area (Å²) in [6.07, 6.45) is 1.31. The Bertz CT molecular complexity index is 916. The van der Waals surface area contributed by atoms with Gasteiger partial charge in [0.1, 0.15) is 29.4 Å². The lowest BCUT2D eigenvalue weighted by atomic mass is 10.2. The van der Waals surface area contributed by atoms with Gasteiger partial charge in [-0.25, -0.2) is 14.4 Å². The first-order valence-corrected chi connectivity index (χ1v) is 8.36. The molecule has 0 spiro atoms. The molecule has 0 saturated carbocycles. The molecule has 27 heavy (non-hydrogen) atoms. The minimum atomic E-state index is -0.395. The first kappa shape index (κ1) is 18.3. The lowest BCUT2D eigenvalue weighted by Crippen LogP contribution is -2.24. The molecule has 138 valence electrons. The van der Waals surface area contributed by atoms with Crippen molar-refractivity contribution in [1.82, 2.24) is 15.3 Å². The van der Waals surface area contributed by atoms with E-state index in [1.807, 2.05) is 24.3 Å². The van der Waals surface area contributed by atoms with Gasteiger partial charge in [0.25, 0.3) is 5.91 Å². The number of benzene rings is 2. The average molecular weight is 366 g/mol. The third kappa shape index (κ3) is 5.01. The van der Waals surface area contributed by atoms with E-state index in [4.69, 9.17) is 4.74 Å². The lowest BCUT2D eigenvalue weighted by Gasteiger charge is -2.09.